The van der Waals surface area contributed by atoms with Gasteiger partial charge in [-0.1, -0.05) is 0 Å². The molecule has 18 heavy (non-hydrogen) atoms. The van der Waals surface area contributed by atoms with E-state index in [4.69, 9.17) is 0 Å². The summed E-state index contributed by atoms with van der Waals surface area (Å²) in [5.41, 5.74) is 0. The Bertz CT molecular complexity index is 443. The Morgan fingerprint density at radius 3 is 2.50 bits per heavy atom. The summed E-state index contributed by atoms with van der Waals surface area (Å²) < 4.78 is 0. The smallest absolute Gasteiger partial charge is 0.182 e. The molecule has 6 nitrogen and oxygen atoms in total. The van der Waals surface area contributed by atoms with Gasteiger partial charge in [-0.15, -0.1) is 10.2 Å². The van der Waals surface area contributed by atoms with Gasteiger partial charge in [-0.3, -0.25) is 4.79 Å². The van der Waals surface area contributed by atoms with Crippen molar-refractivity contribution in [3.63, 3.8) is 0 Å². The molecule has 0 spiro atoms. The maximum absolute atomic E-state index is 12.3. The first kappa shape index (κ1) is 11.8. The van der Waals surface area contributed by atoms with Crippen LogP contribution in [0.4, 0.5) is 0 Å². The molecule has 2 bridgehead atoms. The number of carbonyl (C=O) groups is 1. The molecule has 0 radical (unpaired) electrons. The van der Waals surface area contributed by atoms with Crippen molar-refractivity contribution in [2.24, 2.45) is 13.0 Å². The van der Waals surface area contributed by atoms with Gasteiger partial charge in [-0.05, 0) is 37.9 Å². The van der Waals surface area contributed by atoms with Crippen molar-refractivity contribution in [1.29, 1.82) is 0 Å². The molecule has 0 N–H and O–H groups in total. The highest BCUT2D eigenvalue weighted by molar-refractivity contribution is 5.82. The van der Waals surface area contributed by atoms with Gasteiger partial charge in [0.05, 0.1) is 13.5 Å². The maximum atomic E-state index is 12.3. The SMILES string of the molecule is CN1C2CCC1CC(C(=O)Cc1nnn(C)n1)C2. The Labute approximate surface area is 106 Å². The van der Waals surface area contributed by atoms with Gasteiger partial charge in [-0.25, -0.2) is 0 Å². The molecule has 6 heteroatoms. The van der Waals surface area contributed by atoms with Crippen molar-refractivity contribution in [3.05, 3.63) is 5.82 Å². The Morgan fingerprint density at radius 2 is 1.94 bits per heavy atom. The third-order valence-electron chi connectivity index (χ3n) is 4.44. The number of ketones is 1. The molecule has 2 atom stereocenters. The summed E-state index contributed by atoms with van der Waals surface area (Å²) in [6.45, 7) is 0. The predicted octanol–water partition coefficient (Wildman–Crippen LogP) is 0.194. The zero-order valence-electron chi connectivity index (χ0n) is 10.9. The highest BCUT2D eigenvalue weighted by Crippen LogP contribution is 2.37. The fourth-order valence-electron chi connectivity index (χ4n) is 3.37. The van der Waals surface area contributed by atoms with Crippen LogP contribution >= 0.6 is 0 Å². The summed E-state index contributed by atoms with van der Waals surface area (Å²) in [5.74, 6) is 1.03. The van der Waals surface area contributed by atoms with Crippen LogP contribution in [0.2, 0.25) is 0 Å². The van der Waals surface area contributed by atoms with E-state index < -0.39 is 0 Å². The molecular formula is C12H19N5O. The molecule has 2 saturated heterocycles. The topological polar surface area (TPSA) is 63.9 Å². The fraction of sp³-hybridized carbons (Fsp3) is 0.833. The van der Waals surface area contributed by atoms with Crippen molar-refractivity contribution in [2.75, 3.05) is 7.05 Å². The number of fused-ring (bicyclic) bond motifs is 2. The number of hydrogen-bond acceptors (Lipinski definition) is 5. The number of Topliss-reactive ketones (excluding diaryl/α,β-unsaturated/α-hetero) is 1. The van der Waals surface area contributed by atoms with Crippen molar-refractivity contribution >= 4 is 5.78 Å². The summed E-state index contributed by atoms with van der Waals surface area (Å²) in [5, 5.41) is 11.7. The van der Waals surface area contributed by atoms with E-state index in [2.05, 4.69) is 27.4 Å². The number of hydrogen-bond donors (Lipinski definition) is 0. The monoisotopic (exact) mass is 249 g/mol. The Hall–Kier alpha value is -1.30. The normalized spacial score (nSPS) is 31.8. The van der Waals surface area contributed by atoms with Crippen LogP contribution in [0.3, 0.4) is 0 Å². The third-order valence-corrected chi connectivity index (χ3v) is 4.44. The summed E-state index contributed by atoms with van der Waals surface area (Å²) in [7, 11) is 3.91. The summed E-state index contributed by atoms with van der Waals surface area (Å²) in [6, 6.07) is 1.21. The van der Waals surface area contributed by atoms with Gasteiger partial charge in [0.1, 0.15) is 5.78 Å². The second-order valence-electron chi connectivity index (χ2n) is 5.56. The number of piperidine rings is 1. The minimum Gasteiger partial charge on any atom is -0.300 e. The minimum atomic E-state index is 0.197. The molecule has 3 heterocycles. The van der Waals surface area contributed by atoms with E-state index >= 15 is 0 Å². The van der Waals surface area contributed by atoms with E-state index in [0.717, 1.165) is 12.8 Å². The van der Waals surface area contributed by atoms with E-state index in [1.165, 1.54) is 17.6 Å². The fourth-order valence-corrected chi connectivity index (χ4v) is 3.37. The number of aromatic nitrogens is 4. The lowest BCUT2D eigenvalue weighted by atomic mass is 9.86. The van der Waals surface area contributed by atoms with Crippen LogP contribution < -0.4 is 0 Å². The number of aryl methyl sites for hydroxylation is 1. The van der Waals surface area contributed by atoms with E-state index in [9.17, 15) is 4.79 Å². The third kappa shape index (κ3) is 2.05. The Kier molecular flexibility index (Phi) is 2.89. The second kappa shape index (κ2) is 4.42. The number of nitrogens with zero attached hydrogens (tertiary/aromatic N) is 5. The minimum absolute atomic E-state index is 0.197. The molecule has 2 unspecified atom stereocenters. The van der Waals surface area contributed by atoms with Crippen LogP contribution in [0.25, 0.3) is 0 Å². The lowest BCUT2D eigenvalue weighted by molar-refractivity contribution is -0.124. The quantitative estimate of drug-likeness (QED) is 0.765. The van der Waals surface area contributed by atoms with Crippen LogP contribution in [0, 0.1) is 5.92 Å². The Morgan fingerprint density at radius 1 is 1.28 bits per heavy atom. The Balaban J connectivity index is 1.64. The number of tetrazole rings is 1. The van der Waals surface area contributed by atoms with E-state index in [1.807, 2.05) is 0 Å². The molecule has 98 valence electrons. The van der Waals surface area contributed by atoms with Crippen LogP contribution in [-0.2, 0) is 18.3 Å². The van der Waals surface area contributed by atoms with Crippen LogP contribution in [-0.4, -0.2) is 50.0 Å². The number of carbonyl (C=O) groups excluding carboxylic acids is 1. The largest absolute Gasteiger partial charge is 0.300 e. The lowest BCUT2D eigenvalue weighted by Gasteiger charge is -2.35. The molecule has 0 saturated carbocycles. The van der Waals surface area contributed by atoms with Crippen LogP contribution in [0.1, 0.15) is 31.5 Å². The summed E-state index contributed by atoms with van der Waals surface area (Å²) in [4.78, 5) is 16.1. The molecular weight excluding hydrogens is 230 g/mol. The highest BCUT2D eigenvalue weighted by Gasteiger charge is 2.40. The lowest BCUT2D eigenvalue weighted by Crippen LogP contribution is -2.42. The molecule has 2 aliphatic rings. The van der Waals surface area contributed by atoms with Crippen molar-refractivity contribution in [2.45, 2.75) is 44.2 Å². The maximum Gasteiger partial charge on any atom is 0.182 e. The summed E-state index contributed by atoms with van der Waals surface area (Å²) in [6.07, 6.45) is 4.84. The van der Waals surface area contributed by atoms with Crippen LogP contribution in [0.15, 0.2) is 0 Å². The first-order valence-corrected chi connectivity index (χ1v) is 6.61. The first-order chi connectivity index (χ1) is 8.63. The average molecular weight is 249 g/mol. The van der Waals surface area contributed by atoms with E-state index in [1.54, 1.807) is 7.05 Å². The van der Waals surface area contributed by atoms with Gasteiger partial charge in [-0.2, -0.15) is 4.80 Å². The molecule has 2 aliphatic heterocycles. The number of rotatable bonds is 3. The molecule has 0 aromatic carbocycles. The average Bonchev–Trinajstić information content (AvgIpc) is 2.80. The zero-order chi connectivity index (χ0) is 12.7. The van der Waals surface area contributed by atoms with Gasteiger partial charge in [0.15, 0.2) is 5.82 Å². The van der Waals surface area contributed by atoms with Gasteiger partial charge in [0, 0.05) is 18.0 Å². The van der Waals surface area contributed by atoms with Crippen molar-refractivity contribution < 1.29 is 4.79 Å². The molecule has 1 aromatic rings. The highest BCUT2D eigenvalue weighted by atomic mass is 16.1. The van der Waals surface area contributed by atoms with Gasteiger partial charge >= 0.3 is 0 Å². The van der Waals surface area contributed by atoms with Crippen molar-refractivity contribution in [3.8, 4) is 0 Å². The summed E-state index contributed by atoms with van der Waals surface area (Å²) >= 11 is 0. The molecule has 0 aliphatic carbocycles. The van der Waals surface area contributed by atoms with Gasteiger partial charge < -0.3 is 4.90 Å². The van der Waals surface area contributed by atoms with Crippen molar-refractivity contribution in [1.82, 2.24) is 25.1 Å². The molecule has 0 amide bonds. The second-order valence-corrected chi connectivity index (χ2v) is 5.56. The zero-order valence-corrected chi connectivity index (χ0v) is 10.9. The van der Waals surface area contributed by atoms with E-state index in [0.29, 0.717) is 24.3 Å². The standard InChI is InChI=1S/C12H19N5O/c1-16-9-3-4-10(16)6-8(5-9)11(18)7-12-13-15-17(2)14-12/h8-10H,3-7H2,1-2H3. The van der Waals surface area contributed by atoms with E-state index in [-0.39, 0.29) is 11.7 Å². The van der Waals surface area contributed by atoms with Gasteiger partial charge in [0.2, 0.25) is 0 Å². The first-order valence-electron chi connectivity index (χ1n) is 6.61. The molecule has 3 rings (SSSR count). The predicted molar refractivity (Wildman–Crippen MR) is 64.8 cm³/mol. The van der Waals surface area contributed by atoms with Gasteiger partial charge in [0.25, 0.3) is 0 Å². The molecule has 2 fully saturated rings. The molecule has 1 aromatic heterocycles. The van der Waals surface area contributed by atoms with Crippen LogP contribution in [0.5, 0.6) is 0 Å².